The summed E-state index contributed by atoms with van der Waals surface area (Å²) in [6, 6.07) is 0. The van der Waals surface area contributed by atoms with E-state index in [-0.39, 0.29) is 12.3 Å². The summed E-state index contributed by atoms with van der Waals surface area (Å²) in [7, 11) is 0. The van der Waals surface area contributed by atoms with Crippen molar-refractivity contribution in [3.05, 3.63) is 23.3 Å². The number of nitrogens with zero attached hydrogens (tertiary/aromatic N) is 2. The molecule has 0 atom stereocenters. The average molecular weight is 251 g/mol. The predicted octanol–water partition coefficient (Wildman–Crippen LogP) is 1.08. The molecule has 0 unspecified atom stereocenters. The highest BCUT2D eigenvalue weighted by atomic mass is 16.4. The first kappa shape index (κ1) is 14.1. The fourth-order valence-corrected chi connectivity index (χ4v) is 1.50. The van der Waals surface area contributed by atoms with Gasteiger partial charge in [-0.05, 0) is 26.7 Å². The number of carbonyl (C=O) groups is 2. The van der Waals surface area contributed by atoms with Gasteiger partial charge < -0.3 is 10.4 Å². The van der Waals surface area contributed by atoms with E-state index in [1.165, 1.54) is 6.20 Å². The van der Waals surface area contributed by atoms with E-state index in [1.807, 2.05) is 0 Å². The van der Waals surface area contributed by atoms with Crippen molar-refractivity contribution in [1.82, 2.24) is 15.3 Å². The van der Waals surface area contributed by atoms with E-state index in [0.29, 0.717) is 36.5 Å². The van der Waals surface area contributed by atoms with Gasteiger partial charge >= 0.3 is 5.97 Å². The predicted molar refractivity (Wildman–Crippen MR) is 65.3 cm³/mol. The first-order valence-electron chi connectivity index (χ1n) is 5.81. The smallest absolute Gasteiger partial charge is 0.303 e. The van der Waals surface area contributed by atoms with Gasteiger partial charge in [0.05, 0.1) is 11.3 Å². The molecule has 2 N–H and O–H groups in total. The third-order valence-corrected chi connectivity index (χ3v) is 2.45. The molecule has 1 rings (SSSR count). The molecule has 0 aliphatic carbocycles. The Morgan fingerprint density at radius 2 is 2.06 bits per heavy atom. The van der Waals surface area contributed by atoms with E-state index in [2.05, 4.69) is 15.3 Å². The molecule has 0 radical (unpaired) electrons. The molecule has 1 aromatic heterocycles. The standard InChI is InChI=1S/C12H17N3O3/c1-8-10(7-14-9(2)15-8)12(18)13-6-4-3-5-11(16)17/h7H,3-6H2,1-2H3,(H,13,18)(H,16,17). The molecule has 0 fully saturated rings. The second-order valence-corrected chi connectivity index (χ2v) is 4.02. The Labute approximate surface area is 105 Å². The minimum atomic E-state index is -0.816. The summed E-state index contributed by atoms with van der Waals surface area (Å²) in [6.07, 6.45) is 2.83. The number of carbonyl (C=O) groups excluding carboxylic acids is 1. The fraction of sp³-hybridized carbons (Fsp3) is 0.500. The van der Waals surface area contributed by atoms with Gasteiger partial charge in [-0.15, -0.1) is 0 Å². The van der Waals surface area contributed by atoms with E-state index in [0.717, 1.165) is 0 Å². The van der Waals surface area contributed by atoms with Crippen molar-refractivity contribution in [3.63, 3.8) is 0 Å². The molecule has 0 saturated heterocycles. The Balaban J connectivity index is 2.39. The molecule has 6 heteroatoms. The number of aliphatic carboxylic acids is 1. The Morgan fingerprint density at radius 1 is 1.33 bits per heavy atom. The molecule has 0 bridgehead atoms. The topological polar surface area (TPSA) is 92.2 Å². The maximum Gasteiger partial charge on any atom is 0.303 e. The highest BCUT2D eigenvalue weighted by Crippen LogP contribution is 2.03. The molecule has 1 heterocycles. The van der Waals surface area contributed by atoms with Crippen LogP contribution in [0, 0.1) is 13.8 Å². The molecular formula is C12H17N3O3. The van der Waals surface area contributed by atoms with E-state index in [4.69, 9.17) is 5.11 Å². The molecule has 1 amide bonds. The van der Waals surface area contributed by atoms with Gasteiger partial charge in [0.1, 0.15) is 5.82 Å². The first-order valence-corrected chi connectivity index (χ1v) is 5.81. The largest absolute Gasteiger partial charge is 0.481 e. The molecule has 0 aliphatic rings. The highest BCUT2D eigenvalue weighted by Gasteiger charge is 2.10. The average Bonchev–Trinajstić information content (AvgIpc) is 2.27. The zero-order chi connectivity index (χ0) is 13.5. The number of carboxylic acids is 1. The zero-order valence-electron chi connectivity index (χ0n) is 10.6. The molecule has 0 aliphatic heterocycles. The van der Waals surface area contributed by atoms with Crippen molar-refractivity contribution in [1.29, 1.82) is 0 Å². The Bertz CT molecular complexity index is 446. The van der Waals surface area contributed by atoms with Crippen LogP contribution in [0.1, 0.15) is 41.1 Å². The normalized spacial score (nSPS) is 10.1. The van der Waals surface area contributed by atoms with Gasteiger partial charge in [-0.3, -0.25) is 9.59 Å². The fourth-order valence-electron chi connectivity index (χ4n) is 1.50. The number of hydrogen-bond donors (Lipinski definition) is 2. The van der Waals surface area contributed by atoms with Crippen molar-refractivity contribution in [2.24, 2.45) is 0 Å². The van der Waals surface area contributed by atoms with Crippen LogP contribution in [-0.4, -0.2) is 33.5 Å². The summed E-state index contributed by atoms with van der Waals surface area (Å²) in [4.78, 5) is 30.1. The molecule has 18 heavy (non-hydrogen) atoms. The first-order chi connectivity index (χ1) is 8.50. The van der Waals surface area contributed by atoms with E-state index in [9.17, 15) is 9.59 Å². The number of aromatic nitrogens is 2. The molecule has 0 saturated carbocycles. The van der Waals surface area contributed by atoms with Crippen LogP contribution >= 0.6 is 0 Å². The van der Waals surface area contributed by atoms with Crippen LogP contribution in [0.3, 0.4) is 0 Å². The monoisotopic (exact) mass is 251 g/mol. The molecule has 1 aromatic rings. The summed E-state index contributed by atoms with van der Waals surface area (Å²) in [6.45, 7) is 3.98. The van der Waals surface area contributed by atoms with E-state index >= 15 is 0 Å². The number of hydrogen-bond acceptors (Lipinski definition) is 4. The lowest BCUT2D eigenvalue weighted by molar-refractivity contribution is -0.137. The van der Waals surface area contributed by atoms with Crippen molar-refractivity contribution in [2.45, 2.75) is 33.1 Å². The molecule has 0 spiro atoms. The van der Waals surface area contributed by atoms with Gasteiger partial charge in [-0.1, -0.05) is 0 Å². The second-order valence-electron chi connectivity index (χ2n) is 4.02. The number of rotatable bonds is 6. The Morgan fingerprint density at radius 3 is 2.67 bits per heavy atom. The van der Waals surface area contributed by atoms with Crippen LogP contribution in [0.15, 0.2) is 6.20 Å². The number of unbranched alkanes of at least 4 members (excludes halogenated alkanes) is 1. The summed E-state index contributed by atoms with van der Waals surface area (Å²) < 4.78 is 0. The molecule has 98 valence electrons. The zero-order valence-corrected chi connectivity index (χ0v) is 10.6. The highest BCUT2D eigenvalue weighted by molar-refractivity contribution is 5.94. The maximum atomic E-state index is 11.8. The van der Waals surface area contributed by atoms with Crippen molar-refractivity contribution >= 4 is 11.9 Å². The van der Waals surface area contributed by atoms with Crippen LogP contribution in [0.4, 0.5) is 0 Å². The van der Waals surface area contributed by atoms with Crippen LogP contribution in [0.2, 0.25) is 0 Å². The number of nitrogens with one attached hydrogen (secondary N) is 1. The van der Waals surface area contributed by atoms with Gasteiger partial charge in [0.15, 0.2) is 0 Å². The molecule has 0 aromatic carbocycles. The van der Waals surface area contributed by atoms with Crippen molar-refractivity contribution in [2.75, 3.05) is 6.54 Å². The van der Waals surface area contributed by atoms with Gasteiger partial charge in [0, 0.05) is 19.2 Å². The van der Waals surface area contributed by atoms with Gasteiger partial charge in [-0.2, -0.15) is 0 Å². The van der Waals surface area contributed by atoms with Crippen LogP contribution < -0.4 is 5.32 Å². The third kappa shape index (κ3) is 4.48. The lowest BCUT2D eigenvalue weighted by atomic mass is 10.2. The van der Waals surface area contributed by atoms with Crippen molar-refractivity contribution < 1.29 is 14.7 Å². The maximum absolute atomic E-state index is 11.8. The number of carboxylic acid groups (broad SMARTS) is 1. The van der Waals surface area contributed by atoms with Gasteiger partial charge in [0.2, 0.25) is 0 Å². The van der Waals surface area contributed by atoms with Gasteiger partial charge in [-0.25, -0.2) is 9.97 Å². The Kier molecular flexibility index (Phi) is 5.23. The van der Waals surface area contributed by atoms with Crippen LogP contribution in [0.5, 0.6) is 0 Å². The third-order valence-electron chi connectivity index (χ3n) is 2.45. The quantitative estimate of drug-likeness (QED) is 0.738. The van der Waals surface area contributed by atoms with Crippen molar-refractivity contribution in [3.8, 4) is 0 Å². The number of amides is 1. The second kappa shape index (κ2) is 6.68. The summed E-state index contributed by atoms with van der Waals surface area (Å²) in [5, 5.41) is 11.2. The lowest BCUT2D eigenvalue weighted by Gasteiger charge is -2.06. The minimum Gasteiger partial charge on any atom is -0.481 e. The molecule has 6 nitrogen and oxygen atoms in total. The van der Waals surface area contributed by atoms with Crippen LogP contribution in [0.25, 0.3) is 0 Å². The lowest BCUT2D eigenvalue weighted by Crippen LogP contribution is -2.26. The van der Waals surface area contributed by atoms with Gasteiger partial charge in [0.25, 0.3) is 5.91 Å². The van der Waals surface area contributed by atoms with Crippen LogP contribution in [-0.2, 0) is 4.79 Å². The summed E-state index contributed by atoms with van der Waals surface area (Å²) >= 11 is 0. The summed E-state index contributed by atoms with van der Waals surface area (Å²) in [5.74, 6) is -0.405. The van der Waals surface area contributed by atoms with E-state index in [1.54, 1.807) is 13.8 Å². The molecular weight excluding hydrogens is 234 g/mol. The SMILES string of the molecule is Cc1ncc(C(=O)NCCCCC(=O)O)c(C)n1. The van der Waals surface area contributed by atoms with E-state index < -0.39 is 5.97 Å². The Hall–Kier alpha value is -1.98. The minimum absolute atomic E-state index is 0.128. The summed E-state index contributed by atoms with van der Waals surface area (Å²) in [5.41, 5.74) is 1.10. The number of aryl methyl sites for hydroxylation is 2.